The smallest absolute Gasteiger partial charge is 0.224 e. The minimum Gasteiger partial charge on any atom is -0.493 e. The minimum absolute atomic E-state index is 0.169. The first-order chi connectivity index (χ1) is 12.0. The average Bonchev–Trinajstić information content (AvgIpc) is 2.61. The van der Waals surface area contributed by atoms with Crippen LogP contribution in [-0.2, 0) is 11.2 Å². The number of carbonyl (C=O) groups is 1. The first-order valence-corrected chi connectivity index (χ1v) is 8.27. The van der Waals surface area contributed by atoms with E-state index in [4.69, 9.17) is 37.4 Å². The van der Waals surface area contributed by atoms with Gasteiger partial charge in [0.2, 0.25) is 11.7 Å². The van der Waals surface area contributed by atoms with Crippen LogP contribution in [0, 0.1) is 0 Å². The summed E-state index contributed by atoms with van der Waals surface area (Å²) in [7, 11) is 4.64. The number of carbonyl (C=O) groups excluding carboxylic acids is 1. The van der Waals surface area contributed by atoms with Gasteiger partial charge in [0.05, 0.1) is 32.0 Å². The molecular weight excluding hydrogens is 365 g/mol. The van der Waals surface area contributed by atoms with Crippen LogP contribution in [-0.4, -0.2) is 27.2 Å². The standard InChI is InChI=1S/C18H19Cl2NO4/c1-23-15-8-11(9-16(24-2)18(15)25-3)4-7-17(22)21-14-10-12(19)5-6-13(14)20/h5-6,8-10H,4,7H2,1-3H3,(H,21,22). The summed E-state index contributed by atoms with van der Waals surface area (Å²) < 4.78 is 15.9. The molecule has 0 fully saturated rings. The molecule has 0 unspecified atom stereocenters. The van der Waals surface area contributed by atoms with E-state index in [9.17, 15) is 4.79 Å². The summed E-state index contributed by atoms with van der Waals surface area (Å²) in [6.07, 6.45) is 0.766. The fourth-order valence-corrected chi connectivity index (χ4v) is 2.68. The summed E-state index contributed by atoms with van der Waals surface area (Å²) in [5.41, 5.74) is 1.38. The number of halogens is 2. The Bertz CT molecular complexity index is 740. The lowest BCUT2D eigenvalue weighted by Gasteiger charge is -2.14. The van der Waals surface area contributed by atoms with Crippen molar-refractivity contribution in [3.05, 3.63) is 45.9 Å². The van der Waals surface area contributed by atoms with Crippen LogP contribution >= 0.6 is 23.2 Å². The van der Waals surface area contributed by atoms with Crippen molar-refractivity contribution in [2.24, 2.45) is 0 Å². The summed E-state index contributed by atoms with van der Waals surface area (Å²) >= 11 is 12.0. The monoisotopic (exact) mass is 383 g/mol. The third kappa shape index (κ3) is 4.94. The van der Waals surface area contributed by atoms with Crippen molar-refractivity contribution in [1.82, 2.24) is 0 Å². The zero-order valence-corrected chi connectivity index (χ0v) is 15.7. The van der Waals surface area contributed by atoms with Gasteiger partial charge in [-0.3, -0.25) is 4.79 Å². The summed E-state index contributed by atoms with van der Waals surface area (Å²) in [5, 5.41) is 3.70. The van der Waals surface area contributed by atoms with Gasteiger partial charge < -0.3 is 19.5 Å². The second-order valence-corrected chi connectivity index (χ2v) is 6.05. The Balaban J connectivity index is 2.07. The van der Waals surface area contributed by atoms with E-state index in [1.165, 1.54) is 0 Å². The van der Waals surface area contributed by atoms with Gasteiger partial charge in [-0.2, -0.15) is 0 Å². The number of aryl methyl sites for hydroxylation is 1. The zero-order valence-electron chi connectivity index (χ0n) is 14.2. The number of benzene rings is 2. The molecule has 1 amide bonds. The lowest BCUT2D eigenvalue weighted by atomic mass is 10.1. The van der Waals surface area contributed by atoms with Gasteiger partial charge in [-0.15, -0.1) is 0 Å². The predicted molar refractivity (Wildman–Crippen MR) is 99.5 cm³/mol. The van der Waals surface area contributed by atoms with Crippen molar-refractivity contribution in [2.45, 2.75) is 12.8 Å². The van der Waals surface area contributed by atoms with Crippen LogP contribution in [0.2, 0.25) is 10.0 Å². The van der Waals surface area contributed by atoms with Crippen molar-refractivity contribution in [3.8, 4) is 17.2 Å². The molecule has 0 radical (unpaired) electrons. The maximum Gasteiger partial charge on any atom is 0.224 e. The van der Waals surface area contributed by atoms with Crippen molar-refractivity contribution in [3.63, 3.8) is 0 Å². The Kier molecular flexibility index (Phi) is 6.79. The van der Waals surface area contributed by atoms with Crippen molar-refractivity contribution >= 4 is 34.8 Å². The molecule has 25 heavy (non-hydrogen) atoms. The highest BCUT2D eigenvalue weighted by Crippen LogP contribution is 2.38. The molecule has 2 rings (SSSR count). The number of hydrogen-bond acceptors (Lipinski definition) is 4. The summed E-state index contributed by atoms with van der Waals surface area (Å²) in [4.78, 5) is 12.2. The summed E-state index contributed by atoms with van der Waals surface area (Å²) in [6, 6.07) is 8.55. The molecule has 134 valence electrons. The number of methoxy groups -OCH3 is 3. The van der Waals surface area contributed by atoms with E-state index in [2.05, 4.69) is 5.32 Å². The van der Waals surface area contributed by atoms with Gasteiger partial charge in [-0.25, -0.2) is 0 Å². The molecule has 0 aromatic heterocycles. The number of hydrogen-bond donors (Lipinski definition) is 1. The SMILES string of the molecule is COc1cc(CCC(=O)Nc2cc(Cl)ccc2Cl)cc(OC)c1OC. The lowest BCUT2D eigenvalue weighted by Crippen LogP contribution is -2.12. The molecule has 0 heterocycles. The molecule has 0 spiro atoms. The molecule has 0 bridgehead atoms. The Morgan fingerprint density at radius 3 is 2.20 bits per heavy atom. The van der Waals surface area contributed by atoms with Gasteiger partial charge in [0.1, 0.15) is 0 Å². The second-order valence-electron chi connectivity index (χ2n) is 5.21. The molecule has 0 saturated heterocycles. The maximum atomic E-state index is 12.2. The Hall–Kier alpha value is -2.11. The van der Waals surface area contributed by atoms with E-state index in [0.29, 0.717) is 39.4 Å². The van der Waals surface area contributed by atoms with Crippen LogP contribution < -0.4 is 19.5 Å². The fourth-order valence-electron chi connectivity index (χ4n) is 2.34. The number of ether oxygens (including phenoxy) is 3. The second kappa shape index (κ2) is 8.83. The molecule has 0 saturated carbocycles. The molecule has 2 aromatic rings. The molecule has 0 aliphatic carbocycles. The average molecular weight is 384 g/mol. The third-order valence-corrected chi connectivity index (χ3v) is 4.13. The molecule has 0 aliphatic heterocycles. The molecule has 7 heteroatoms. The summed E-state index contributed by atoms with van der Waals surface area (Å²) in [6.45, 7) is 0. The number of amides is 1. The highest BCUT2D eigenvalue weighted by atomic mass is 35.5. The van der Waals surface area contributed by atoms with E-state index < -0.39 is 0 Å². The van der Waals surface area contributed by atoms with Gasteiger partial charge in [0, 0.05) is 11.4 Å². The van der Waals surface area contributed by atoms with Crippen molar-refractivity contribution in [1.29, 1.82) is 0 Å². The Labute approximate surface area is 156 Å². The third-order valence-electron chi connectivity index (χ3n) is 3.57. The van der Waals surface area contributed by atoms with Crippen LogP contribution in [0.4, 0.5) is 5.69 Å². The Morgan fingerprint density at radius 1 is 1.00 bits per heavy atom. The maximum absolute atomic E-state index is 12.2. The largest absolute Gasteiger partial charge is 0.493 e. The van der Waals surface area contributed by atoms with E-state index in [1.54, 1.807) is 39.5 Å². The quantitative estimate of drug-likeness (QED) is 0.759. The molecule has 1 N–H and O–H groups in total. The van der Waals surface area contributed by atoms with Crippen LogP contribution in [0.25, 0.3) is 0 Å². The van der Waals surface area contributed by atoms with Crippen molar-refractivity contribution < 1.29 is 19.0 Å². The zero-order chi connectivity index (χ0) is 18.4. The number of rotatable bonds is 7. The highest BCUT2D eigenvalue weighted by Gasteiger charge is 2.14. The number of nitrogens with one attached hydrogen (secondary N) is 1. The molecular formula is C18H19Cl2NO4. The molecule has 2 aromatic carbocycles. The van der Waals surface area contributed by atoms with Gasteiger partial charge in [0.25, 0.3) is 0 Å². The van der Waals surface area contributed by atoms with E-state index in [-0.39, 0.29) is 12.3 Å². The van der Waals surface area contributed by atoms with Gasteiger partial charge in [0.15, 0.2) is 11.5 Å². The van der Waals surface area contributed by atoms with Gasteiger partial charge in [-0.1, -0.05) is 23.2 Å². The fraction of sp³-hybridized carbons (Fsp3) is 0.278. The molecule has 0 aliphatic rings. The van der Waals surface area contributed by atoms with Crippen LogP contribution in [0.3, 0.4) is 0 Å². The Morgan fingerprint density at radius 2 is 1.64 bits per heavy atom. The van der Waals surface area contributed by atoms with E-state index in [0.717, 1.165) is 5.56 Å². The van der Waals surface area contributed by atoms with Crippen molar-refractivity contribution in [2.75, 3.05) is 26.6 Å². The van der Waals surface area contributed by atoms with Crippen LogP contribution in [0.1, 0.15) is 12.0 Å². The topological polar surface area (TPSA) is 56.8 Å². The van der Waals surface area contributed by atoms with E-state index >= 15 is 0 Å². The lowest BCUT2D eigenvalue weighted by molar-refractivity contribution is -0.116. The normalized spacial score (nSPS) is 10.3. The number of anilines is 1. The van der Waals surface area contributed by atoms with Gasteiger partial charge in [-0.05, 0) is 42.3 Å². The van der Waals surface area contributed by atoms with Gasteiger partial charge >= 0.3 is 0 Å². The first-order valence-electron chi connectivity index (χ1n) is 7.52. The minimum atomic E-state index is -0.169. The summed E-state index contributed by atoms with van der Waals surface area (Å²) in [5.74, 6) is 1.45. The first kappa shape index (κ1) is 19.2. The molecule has 5 nitrogen and oxygen atoms in total. The van der Waals surface area contributed by atoms with E-state index in [1.807, 2.05) is 12.1 Å². The molecule has 0 atom stereocenters. The van der Waals surface area contributed by atoms with Crippen LogP contribution in [0.5, 0.6) is 17.2 Å². The highest BCUT2D eigenvalue weighted by molar-refractivity contribution is 6.35. The predicted octanol–water partition coefficient (Wildman–Crippen LogP) is 4.59. The van der Waals surface area contributed by atoms with Crippen LogP contribution in [0.15, 0.2) is 30.3 Å².